The minimum Gasteiger partial charge on any atom is -0.508 e. The molecule has 2 aromatic rings. The Morgan fingerprint density at radius 2 is 1.78 bits per heavy atom. The summed E-state index contributed by atoms with van der Waals surface area (Å²) in [7, 11) is 0. The average molecular weight is 315 g/mol. The smallest absolute Gasteiger partial charge is 0.124 e. The van der Waals surface area contributed by atoms with Gasteiger partial charge in [-0.15, -0.1) is 0 Å². The summed E-state index contributed by atoms with van der Waals surface area (Å²) in [4.78, 5) is 2.11. The molecular weight excluding hydrogens is 294 g/mol. The molecule has 122 valence electrons. The van der Waals surface area contributed by atoms with Gasteiger partial charge in [-0.05, 0) is 42.7 Å². The molecule has 0 aliphatic carbocycles. The fraction of sp³-hybridized carbons (Fsp3) is 0.333. The van der Waals surface area contributed by atoms with Crippen LogP contribution in [0.1, 0.15) is 29.7 Å². The van der Waals surface area contributed by atoms with Gasteiger partial charge in [0.25, 0.3) is 0 Å². The van der Waals surface area contributed by atoms with Crippen LogP contribution < -0.4 is 0 Å². The Hall–Kier alpha value is -2.24. The van der Waals surface area contributed by atoms with E-state index in [4.69, 9.17) is 0 Å². The molecule has 23 heavy (non-hydrogen) atoms. The van der Waals surface area contributed by atoms with Crippen molar-refractivity contribution < 1.29 is 20.4 Å². The maximum atomic E-state index is 10.3. The molecule has 0 amide bonds. The predicted molar refractivity (Wildman–Crippen MR) is 86.4 cm³/mol. The van der Waals surface area contributed by atoms with E-state index in [1.165, 1.54) is 12.1 Å². The van der Waals surface area contributed by atoms with Gasteiger partial charge < -0.3 is 20.4 Å². The van der Waals surface area contributed by atoms with E-state index >= 15 is 0 Å². The summed E-state index contributed by atoms with van der Waals surface area (Å²) in [6.07, 6.45) is 0.0419. The summed E-state index contributed by atoms with van der Waals surface area (Å²) in [5.74, 6) is 0.222. The molecule has 2 aromatic carbocycles. The normalized spacial score (nSPS) is 19.3. The van der Waals surface area contributed by atoms with Crippen LogP contribution in [0.15, 0.2) is 36.4 Å². The molecule has 3 rings (SSSR count). The first-order valence-electron chi connectivity index (χ1n) is 7.69. The Labute approximate surface area is 135 Å². The van der Waals surface area contributed by atoms with Crippen molar-refractivity contribution in [3.63, 3.8) is 0 Å². The number of β-amino-alcohol motifs (C(OH)–C–C–N with tert-alkyl or cyclic N) is 1. The summed E-state index contributed by atoms with van der Waals surface area (Å²) < 4.78 is 0. The van der Waals surface area contributed by atoms with E-state index in [0.717, 1.165) is 12.0 Å². The Kier molecular flexibility index (Phi) is 4.15. The number of fused-ring (bicyclic) bond motifs is 1. The van der Waals surface area contributed by atoms with Crippen LogP contribution in [-0.2, 0) is 13.0 Å². The molecule has 4 N–H and O–H groups in total. The highest BCUT2D eigenvalue weighted by Crippen LogP contribution is 2.36. The molecule has 2 unspecified atom stereocenters. The van der Waals surface area contributed by atoms with Crippen molar-refractivity contribution in [1.29, 1.82) is 0 Å². The molecule has 1 aliphatic rings. The third-order valence-electron chi connectivity index (χ3n) is 4.46. The second-order valence-corrected chi connectivity index (χ2v) is 6.20. The zero-order chi connectivity index (χ0) is 16.6. The van der Waals surface area contributed by atoms with Gasteiger partial charge in [-0.3, -0.25) is 4.90 Å². The topological polar surface area (TPSA) is 84.2 Å². The summed E-state index contributed by atoms with van der Waals surface area (Å²) in [5.41, 5.74) is 2.36. The summed E-state index contributed by atoms with van der Waals surface area (Å²) >= 11 is 0. The number of aliphatic hydroxyl groups excluding tert-OH is 1. The van der Waals surface area contributed by atoms with Crippen LogP contribution in [0.5, 0.6) is 17.2 Å². The Morgan fingerprint density at radius 1 is 1.09 bits per heavy atom. The van der Waals surface area contributed by atoms with Crippen LogP contribution in [-0.4, -0.2) is 37.9 Å². The first-order chi connectivity index (χ1) is 10.9. The number of benzene rings is 2. The van der Waals surface area contributed by atoms with Crippen molar-refractivity contribution >= 4 is 0 Å². The summed E-state index contributed by atoms with van der Waals surface area (Å²) in [6.45, 7) is 3.05. The zero-order valence-electron chi connectivity index (χ0n) is 13.0. The second-order valence-electron chi connectivity index (χ2n) is 6.20. The lowest BCUT2D eigenvalue weighted by molar-refractivity contribution is 0.0683. The quantitative estimate of drug-likeness (QED) is 0.698. The minimum absolute atomic E-state index is 0.0144. The van der Waals surface area contributed by atoms with Crippen molar-refractivity contribution in [2.75, 3.05) is 6.54 Å². The number of hydrogen-bond acceptors (Lipinski definition) is 5. The summed E-state index contributed by atoms with van der Waals surface area (Å²) in [5, 5.41) is 39.3. The number of phenolic OH excluding ortho intramolecular Hbond substituents is 3. The molecule has 0 spiro atoms. The van der Waals surface area contributed by atoms with Crippen LogP contribution in [0.3, 0.4) is 0 Å². The predicted octanol–water partition coefficient (Wildman–Crippen LogP) is 2.28. The lowest BCUT2D eigenvalue weighted by Crippen LogP contribution is -2.40. The zero-order valence-corrected chi connectivity index (χ0v) is 13.0. The summed E-state index contributed by atoms with van der Waals surface area (Å²) in [6, 6.07) is 10.1. The lowest BCUT2D eigenvalue weighted by atomic mass is 9.94. The third kappa shape index (κ3) is 3.25. The van der Waals surface area contributed by atoms with Crippen LogP contribution in [0.4, 0.5) is 0 Å². The van der Waals surface area contributed by atoms with Crippen molar-refractivity contribution in [3.8, 4) is 17.2 Å². The first-order valence-corrected chi connectivity index (χ1v) is 7.69. The van der Waals surface area contributed by atoms with E-state index in [2.05, 4.69) is 11.8 Å². The van der Waals surface area contributed by atoms with Gasteiger partial charge in [0.1, 0.15) is 17.2 Å². The van der Waals surface area contributed by atoms with E-state index in [0.29, 0.717) is 24.2 Å². The fourth-order valence-electron chi connectivity index (χ4n) is 3.16. The Morgan fingerprint density at radius 3 is 2.48 bits per heavy atom. The Balaban J connectivity index is 1.78. The molecule has 0 saturated carbocycles. The van der Waals surface area contributed by atoms with E-state index < -0.39 is 6.10 Å². The van der Waals surface area contributed by atoms with Crippen LogP contribution in [0.2, 0.25) is 0 Å². The van der Waals surface area contributed by atoms with Gasteiger partial charge in [-0.25, -0.2) is 0 Å². The molecule has 0 bridgehead atoms. The molecule has 0 radical (unpaired) electrons. The standard InChI is InChI=1S/C18H21NO4/c1-11(6-12-2-4-13(20)5-3-12)19-9-16-15(18(23)10-19)7-14(21)8-17(16)22/h2-5,7-8,11,18,20-23H,6,9-10H2,1H3. The van der Waals surface area contributed by atoms with E-state index in [1.54, 1.807) is 12.1 Å². The van der Waals surface area contributed by atoms with E-state index in [1.807, 2.05) is 12.1 Å². The van der Waals surface area contributed by atoms with Crippen LogP contribution in [0, 0.1) is 0 Å². The van der Waals surface area contributed by atoms with Crippen LogP contribution in [0.25, 0.3) is 0 Å². The fourth-order valence-corrected chi connectivity index (χ4v) is 3.16. The first kappa shape index (κ1) is 15.6. The molecule has 0 saturated heterocycles. The number of aromatic hydroxyl groups is 3. The number of nitrogens with zero attached hydrogens (tertiary/aromatic N) is 1. The number of hydrogen-bond donors (Lipinski definition) is 4. The molecule has 0 aromatic heterocycles. The minimum atomic E-state index is -0.737. The maximum Gasteiger partial charge on any atom is 0.124 e. The molecule has 5 heteroatoms. The molecule has 0 fully saturated rings. The largest absolute Gasteiger partial charge is 0.508 e. The van der Waals surface area contributed by atoms with Crippen molar-refractivity contribution in [2.24, 2.45) is 0 Å². The third-order valence-corrected chi connectivity index (χ3v) is 4.46. The molecule has 2 atom stereocenters. The van der Waals surface area contributed by atoms with Gasteiger partial charge in [-0.1, -0.05) is 12.1 Å². The molecule has 5 nitrogen and oxygen atoms in total. The maximum absolute atomic E-state index is 10.3. The number of rotatable bonds is 3. The van der Waals surface area contributed by atoms with Gasteiger partial charge in [0.2, 0.25) is 0 Å². The van der Waals surface area contributed by atoms with Crippen molar-refractivity contribution in [3.05, 3.63) is 53.1 Å². The van der Waals surface area contributed by atoms with Gasteiger partial charge >= 0.3 is 0 Å². The van der Waals surface area contributed by atoms with E-state index in [9.17, 15) is 20.4 Å². The number of aliphatic hydroxyl groups is 1. The molecular formula is C18H21NO4. The van der Waals surface area contributed by atoms with Gasteiger partial charge in [0, 0.05) is 30.8 Å². The number of phenols is 3. The molecule has 1 heterocycles. The van der Waals surface area contributed by atoms with Crippen LogP contribution >= 0.6 is 0 Å². The molecule has 1 aliphatic heterocycles. The highest BCUT2D eigenvalue weighted by Gasteiger charge is 2.29. The van der Waals surface area contributed by atoms with Gasteiger partial charge in [0.15, 0.2) is 0 Å². The average Bonchev–Trinajstić information content (AvgIpc) is 2.50. The Bertz CT molecular complexity index is 699. The SMILES string of the molecule is CC(Cc1ccc(O)cc1)N1Cc2c(O)cc(O)cc2C(O)C1. The highest BCUT2D eigenvalue weighted by atomic mass is 16.3. The highest BCUT2D eigenvalue weighted by molar-refractivity contribution is 5.47. The monoisotopic (exact) mass is 315 g/mol. The lowest BCUT2D eigenvalue weighted by Gasteiger charge is -2.36. The van der Waals surface area contributed by atoms with Gasteiger partial charge in [-0.2, -0.15) is 0 Å². The second kappa shape index (κ2) is 6.10. The van der Waals surface area contributed by atoms with Crippen molar-refractivity contribution in [2.45, 2.75) is 32.0 Å². The van der Waals surface area contributed by atoms with Gasteiger partial charge in [0.05, 0.1) is 6.10 Å². The van der Waals surface area contributed by atoms with Crippen molar-refractivity contribution in [1.82, 2.24) is 4.90 Å². The van der Waals surface area contributed by atoms with E-state index in [-0.39, 0.29) is 23.3 Å².